The van der Waals surface area contributed by atoms with Crippen LogP contribution in [-0.4, -0.2) is 29.1 Å². The van der Waals surface area contributed by atoms with Crippen molar-refractivity contribution in [3.8, 4) is 5.75 Å². The van der Waals surface area contributed by atoms with Crippen molar-refractivity contribution in [1.82, 2.24) is 5.32 Å². The first-order valence-electron chi connectivity index (χ1n) is 9.50. The number of hydrogen-bond donors (Lipinski definition) is 2. The second-order valence-corrected chi connectivity index (χ2v) is 7.58. The van der Waals surface area contributed by atoms with E-state index in [4.69, 9.17) is 0 Å². The van der Waals surface area contributed by atoms with E-state index in [0.717, 1.165) is 22.3 Å². The maximum absolute atomic E-state index is 12.9. The number of phenols is 1. The topological polar surface area (TPSA) is 83.5 Å². The standard InChI is InChI=1S/C23H25NO4/c1-13-10-14(2)20(15(3)11-13)21-19(26)12-16(22(21)27)8-9-24-23(28)17-6-4-5-7-18(17)25/h4-7,10-11,16,21,25H,8-9,12H2,1-3H3,(H,24,28). The average Bonchev–Trinajstić information content (AvgIpc) is 2.89. The third kappa shape index (κ3) is 3.84. The number of nitrogens with one attached hydrogen (secondary N) is 1. The average molecular weight is 379 g/mol. The SMILES string of the molecule is Cc1cc(C)c(C2C(=O)CC(CCNC(=O)c3ccccc3O)C2=O)c(C)c1. The molecule has 2 aromatic carbocycles. The minimum Gasteiger partial charge on any atom is -0.507 e. The molecule has 2 aromatic rings. The molecule has 28 heavy (non-hydrogen) atoms. The number of carbonyl (C=O) groups is 3. The summed E-state index contributed by atoms with van der Waals surface area (Å²) in [5.74, 6) is -1.66. The zero-order valence-electron chi connectivity index (χ0n) is 16.4. The lowest BCUT2D eigenvalue weighted by molar-refractivity contribution is -0.124. The molecule has 1 aliphatic carbocycles. The number of para-hydroxylation sites is 1. The van der Waals surface area contributed by atoms with E-state index in [9.17, 15) is 19.5 Å². The lowest BCUT2D eigenvalue weighted by Gasteiger charge is -2.16. The summed E-state index contributed by atoms with van der Waals surface area (Å²) >= 11 is 0. The Morgan fingerprint density at radius 2 is 1.75 bits per heavy atom. The Hall–Kier alpha value is -2.95. The predicted octanol–water partition coefficient (Wildman–Crippen LogP) is 3.38. The van der Waals surface area contributed by atoms with Crippen molar-refractivity contribution in [1.29, 1.82) is 0 Å². The number of ketones is 2. The van der Waals surface area contributed by atoms with Crippen molar-refractivity contribution >= 4 is 17.5 Å². The number of hydrogen-bond acceptors (Lipinski definition) is 4. The van der Waals surface area contributed by atoms with Crippen molar-refractivity contribution < 1.29 is 19.5 Å². The van der Waals surface area contributed by atoms with E-state index in [0.29, 0.717) is 6.42 Å². The first-order chi connectivity index (χ1) is 13.3. The van der Waals surface area contributed by atoms with Crippen LogP contribution in [0.1, 0.15) is 51.4 Å². The summed E-state index contributed by atoms with van der Waals surface area (Å²) in [6.45, 7) is 6.15. The third-order valence-corrected chi connectivity index (χ3v) is 5.41. The van der Waals surface area contributed by atoms with Crippen molar-refractivity contribution in [2.24, 2.45) is 5.92 Å². The first-order valence-corrected chi connectivity index (χ1v) is 9.50. The predicted molar refractivity (Wildman–Crippen MR) is 107 cm³/mol. The number of amides is 1. The zero-order valence-corrected chi connectivity index (χ0v) is 16.4. The van der Waals surface area contributed by atoms with Gasteiger partial charge in [-0.3, -0.25) is 14.4 Å². The molecule has 0 aliphatic heterocycles. The van der Waals surface area contributed by atoms with Gasteiger partial charge in [0.2, 0.25) is 0 Å². The Kier molecular flexibility index (Phi) is 5.63. The van der Waals surface area contributed by atoms with Crippen LogP contribution >= 0.6 is 0 Å². The van der Waals surface area contributed by atoms with Gasteiger partial charge in [0.25, 0.3) is 5.91 Å². The Bertz CT molecular complexity index is 924. The zero-order chi connectivity index (χ0) is 20.4. The van der Waals surface area contributed by atoms with E-state index < -0.39 is 11.8 Å². The summed E-state index contributed by atoms with van der Waals surface area (Å²) in [5, 5.41) is 12.5. The molecule has 1 fully saturated rings. The van der Waals surface area contributed by atoms with E-state index in [1.54, 1.807) is 12.1 Å². The summed E-state index contributed by atoms with van der Waals surface area (Å²) < 4.78 is 0. The summed E-state index contributed by atoms with van der Waals surface area (Å²) in [6, 6.07) is 10.3. The van der Waals surface area contributed by atoms with E-state index in [-0.39, 0.29) is 41.8 Å². The number of aryl methyl sites for hydroxylation is 3. The van der Waals surface area contributed by atoms with Crippen molar-refractivity contribution in [3.63, 3.8) is 0 Å². The molecule has 5 nitrogen and oxygen atoms in total. The Labute approximate surface area is 164 Å². The van der Waals surface area contributed by atoms with Crippen molar-refractivity contribution in [3.05, 3.63) is 64.2 Å². The van der Waals surface area contributed by atoms with Gasteiger partial charge >= 0.3 is 0 Å². The highest BCUT2D eigenvalue weighted by atomic mass is 16.3. The Balaban J connectivity index is 1.66. The third-order valence-electron chi connectivity index (χ3n) is 5.41. The molecule has 0 radical (unpaired) electrons. The van der Waals surface area contributed by atoms with Crippen LogP contribution in [0.4, 0.5) is 0 Å². The minimum atomic E-state index is -0.695. The minimum absolute atomic E-state index is 0.0444. The highest BCUT2D eigenvalue weighted by Gasteiger charge is 2.42. The number of aromatic hydroxyl groups is 1. The molecule has 1 amide bonds. The molecule has 3 rings (SSSR count). The molecule has 2 atom stereocenters. The Morgan fingerprint density at radius 3 is 2.39 bits per heavy atom. The van der Waals surface area contributed by atoms with Gasteiger partial charge in [0.15, 0.2) is 5.78 Å². The molecule has 2 unspecified atom stereocenters. The summed E-state index contributed by atoms with van der Waals surface area (Å²) in [6.07, 6.45) is 0.618. The van der Waals surface area contributed by atoms with Crippen LogP contribution in [0.3, 0.4) is 0 Å². The van der Waals surface area contributed by atoms with Gasteiger partial charge < -0.3 is 10.4 Å². The maximum atomic E-state index is 12.9. The van der Waals surface area contributed by atoms with Gasteiger partial charge in [-0.05, 0) is 56.0 Å². The van der Waals surface area contributed by atoms with Gasteiger partial charge in [-0.1, -0.05) is 29.8 Å². The molecule has 5 heteroatoms. The van der Waals surface area contributed by atoms with Gasteiger partial charge in [-0.2, -0.15) is 0 Å². The number of Topliss-reactive ketones (excluding diaryl/α,β-unsaturated/α-hetero) is 2. The second kappa shape index (κ2) is 7.97. The summed E-state index contributed by atoms with van der Waals surface area (Å²) in [5.41, 5.74) is 4.08. The lowest BCUT2D eigenvalue weighted by atomic mass is 9.86. The van der Waals surface area contributed by atoms with E-state index in [2.05, 4.69) is 5.32 Å². The number of benzene rings is 2. The number of phenolic OH excluding ortho intramolecular Hbond substituents is 1. The summed E-state index contributed by atoms with van der Waals surface area (Å²) in [7, 11) is 0. The highest BCUT2D eigenvalue weighted by molar-refractivity contribution is 6.15. The van der Waals surface area contributed by atoms with Crippen molar-refractivity contribution in [2.75, 3.05) is 6.54 Å². The first kappa shape index (κ1) is 19.8. The van der Waals surface area contributed by atoms with E-state index >= 15 is 0 Å². The molecule has 0 aromatic heterocycles. The van der Waals surface area contributed by atoms with Crippen LogP contribution in [0.2, 0.25) is 0 Å². The van der Waals surface area contributed by atoms with Gasteiger partial charge in [-0.25, -0.2) is 0 Å². The monoisotopic (exact) mass is 379 g/mol. The quantitative estimate of drug-likeness (QED) is 0.780. The highest BCUT2D eigenvalue weighted by Crippen LogP contribution is 2.37. The maximum Gasteiger partial charge on any atom is 0.255 e. The van der Waals surface area contributed by atoms with Gasteiger partial charge in [0.1, 0.15) is 17.5 Å². The fraction of sp³-hybridized carbons (Fsp3) is 0.348. The molecule has 2 N–H and O–H groups in total. The molecule has 0 saturated heterocycles. The summed E-state index contributed by atoms with van der Waals surface area (Å²) in [4.78, 5) is 37.7. The molecule has 0 bridgehead atoms. The number of carbonyl (C=O) groups excluding carboxylic acids is 3. The largest absolute Gasteiger partial charge is 0.507 e. The molecule has 0 heterocycles. The van der Waals surface area contributed by atoms with Crippen molar-refractivity contribution in [2.45, 2.75) is 39.5 Å². The van der Waals surface area contributed by atoms with Gasteiger partial charge in [0, 0.05) is 18.9 Å². The number of rotatable bonds is 5. The molecular weight excluding hydrogens is 354 g/mol. The van der Waals surface area contributed by atoms with Crippen LogP contribution in [0.15, 0.2) is 36.4 Å². The lowest BCUT2D eigenvalue weighted by Crippen LogP contribution is -2.27. The van der Waals surface area contributed by atoms with Crippen LogP contribution < -0.4 is 5.32 Å². The van der Waals surface area contributed by atoms with Gasteiger partial charge in [-0.15, -0.1) is 0 Å². The smallest absolute Gasteiger partial charge is 0.255 e. The van der Waals surface area contributed by atoms with E-state index in [1.807, 2.05) is 32.9 Å². The van der Waals surface area contributed by atoms with E-state index in [1.165, 1.54) is 12.1 Å². The van der Waals surface area contributed by atoms with Gasteiger partial charge in [0.05, 0.1) is 5.56 Å². The second-order valence-electron chi connectivity index (χ2n) is 7.58. The normalized spacial score (nSPS) is 19.1. The van der Waals surface area contributed by atoms with Crippen LogP contribution in [-0.2, 0) is 9.59 Å². The Morgan fingerprint density at radius 1 is 1.11 bits per heavy atom. The van der Waals surface area contributed by atoms with Crippen LogP contribution in [0.25, 0.3) is 0 Å². The fourth-order valence-corrected chi connectivity index (χ4v) is 4.17. The molecular formula is C23H25NO4. The van der Waals surface area contributed by atoms with Crippen LogP contribution in [0, 0.1) is 26.7 Å². The molecule has 146 valence electrons. The fourth-order valence-electron chi connectivity index (χ4n) is 4.17. The molecule has 0 spiro atoms. The molecule has 1 aliphatic rings. The van der Waals surface area contributed by atoms with Crippen LogP contribution in [0.5, 0.6) is 5.75 Å². The molecule has 1 saturated carbocycles.